The van der Waals surface area contributed by atoms with Crippen molar-refractivity contribution in [3.05, 3.63) is 47.1 Å². The van der Waals surface area contributed by atoms with E-state index >= 15 is 0 Å². The lowest BCUT2D eigenvalue weighted by atomic mass is 10.2. The molecule has 21 heavy (non-hydrogen) atoms. The molecule has 0 spiro atoms. The van der Waals surface area contributed by atoms with Crippen molar-refractivity contribution in [3.8, 4) is 5.75 Å². The second kappa shape index (κ2) is 6.95. The Balaban J connectivity index is 2.19. The highest BCUT2D eigenvalue weighted by atomic mass is 35.5. The number of carbonyl (C=O) groups is 1. The summed E-state index contributed by atoms with van der Waals surface area (Å²) in [7, 11) is 1.55. The van der Waals surface area contributed by atoms with Crippen LogP contribution >= 0.6 is 11.6 Å². The van der Waals surface area contributed by atoms with Crippen LogP contribution in [-0.2, 0) is 0 Å². The molecule has 0 radical (unpaired) electrons. The second-order valence-electron chi connectivity index (χ2n) is 4.24. The van der Waals surface area contributed by atoms with Crippen molar-refractivity contribution in [1.82, 2.24) is 4.98 Å². The molecular formula is C15H16ClN3O2. The molecule has 110 valence electrons. The van der Waals surface area contributed by atoms with Gasteiger partial charge in [0.05, 0.1) is 17.8 Å². The lowest BCUT2D eigenvalue weighted by Gasteiger charge is -2.09. The van der Waals surface area contributed by atoms with Gasteiger partial charge in [-0.25, -0.2) is 4.98 Å². The van der Waals surface area contributed by atoms with Crippen LogP contribution in [0.2, 0.25) is 5.02 Å². The third-order valence-electron chi connectivity index (χ3n) is 2.76. The number of ether oxygens (including phenoxy) is 1. The molecule has 2 aromatic rings. The summed E-state index contributed by atoms with van der Waals surface area (Å²) in [5, 5.41) is 6.23. The molecule has 0 fully saturated rings. The fraction of sp³-hybridized carbons (Fsp3) is 0.200. The molecular weight excluding hydrogens is 290 g/mol. The zero-order chi connectivity index (χ0) is 15.2. The molecule has 0 saturated heterocycles. The van der Waals surface area contributed by atoms with Crippen LogP contribution in [0.15, 0.2) is 36.4 Å². The number of pyridine rings is 1. The quantitative estimate of drug-likeness (QED) is 0.888. The Hall–Kier alpha value is -2.27. The molecule has 1 heterocycles. The van der Waals surface area contributed by atoms with E-state index in [1.54, 1.807) is 43.5 Å². The van der Waals surface area contributed by atoms with Crippen molar-refractivity contribution in [2.24, 2.45) is 0 Å². The van der Waals surface area contributed by atoms with Gasteiger partial charge >= 0.3 is 0 Å². The molecule has 0 aliphatic carbocycles. The number of methoxy groups -OCH3 is 1. The van der Waals surface area contributed by atoms with Gasteiger partial charge in [-0.2, -0.15) is 0 Å². The lowest BCUT2D eigenvalue weighted by molar-refractivity contribution is 0.102. The third kappa shape index (κ3) is 3.86. The molecule has 5 nitrogen and oxygen atoms in total. The molecule has 0 aliphatic heterocycles. The molecule has 2 rings (SSSR count). The maximum Gasteiger partial charge on any atom is 0.274 e. The maximum atomic E-state index is 12.2. The number of anilines is 2. The van der Waals surface area contributed by atoms with Crippen molar-refractivity contribution in [2.45, 2.75) is 6.92 Å². The van der Waals surface area contributed by atoms with Crippen LogP contribution in [-0.4, -0.2) is 24.5 Å². The van der Waals surface area contributed by atoms with Gasteiger partial charge in [0, 0.05) is 12.6 Å². The minimum absolute atomic E-state index is 0.312. The molecule has 0 unspecified atom stereocenters. The number of hydrogen-bond acceptors (Lipinski definition) is 4. The maximum absolute atomic E-state index is 12.2. The van der Waals surface area contributed by atoms with E-state index in [2.05, 4.69) is 15.6 Å². The summed E-state index contributed by atoms with van der Waals surface area (Å²) in [4.78, 5) is 16.5. The summed E-state index contributed by atoms with van der Waals surface area (Å²) in [5.74, 6) is 0.941. The van der Waals surface area contributed by atoms with Crippen LogP contribution in [0.25, 0.3) is 0 Å². The van der Waals surface area contributed by atoms with E-state index in [0.29, 0.717) is 28.0 Å². The number of rotatable bonds is 5. The first kappa shape index (κ1) is 15.1. The van der Waals surface area contributed by atoms with E-state index in [0.717, 1.165) is 6.54 Å². The van der Waals surface area contributed by atoms with Gasteiger partial charge in [0.1, 0.15) is 17.3 Å². The Morgan fingerprint density at radius 3 is 2.86 bits per heavy atom. The normalized spacial score (nSPS) is 10.0. The zero-order valence-electron chi connectivity index (χ0n) is 11.8. The second-order valence-corrected chi connectivity index (χ2v) is 4.65. The molecule has 1 amide bonds. The summed E-state index contributed by atoms with van der Waals surface area (Å²) in [6, 6.07) is 10.3. The van der Waals surface area contributed by atoms with Crippen LogP contribution in [0.3, 0.4) is 0 Å². The number of halogens is 1. The highest BCUT2D eigenvalue weighted by Crippen LogP contribution is 2.27. The summed E-state index contributed by atoms with van der Waals surface area (Å²) >= 11 is 6.06. The summed E-state index contributed by atoms with van der Waals surface area (Å²) in [6.07, 6.45) is 0. The Bertz CT molecular complexity index is 647. The molecule has 0 saturated carbocycles. The Morgan fingerprint density at radius 1 is 1.33 bits per heavy atom. The number of benzene rings is 1. The first-order valence-electron chi connectivity index (χ1n) is 6.50. The third-order valence-corrected chi connectivity index (χ3v) is 3.09. The Labute approximate surface area is 128 Å². The van der Waals surface area contributed by atoms with E-state index < -0.39 is 0 Å². The SMILES string of the molecule is CCNc1cccc(C(=O)Nc2cc(OC)ccc2Cl)n1. The summed E-state index contributed by atoms with van der Waals surface area (Å²) in [5.41, 5.74) is 0.795. The van der Waals surface area contributed by atoms with E-state index in [4.69, 9.17) is 16.3 Å². The average molecular weight is 306 g/mol. The van der Waals surface area contributed by atoms with E-state index in [-0.39, 0.29) is 5.91 Å². The molecule has 1 aromatic heterocycles. The smallest absolute Gasteiger partial charge is 0.274 e. The number of nitrogens with zero attached hydrogens (tertiary/aromatic N) is 1. The van der Waals surface area contributed by atoms with Gasteiger partial charge in [0.15, 0.2) is 0 Å². The van der Waals surface area contributed by atoms with Gasteiger partial charge in [-0.05, 0) is 31.2 Å². The number of amides is 1. The number of aromatic nitrogens is 1. The average Bonchev–Trinajstić information content (AvgIpc) is 2.50. The molecule has 2 N–H and O–H groups in total. The molecule has 6 heteroatoms. The van der Waals surface area contributed by atoms with E-state index in [1.807, 2.05) is 6.92 Å². The summed E-state index contributed by atoms with van der Waals surface area (Å²) in [6.45, 7) is 2.70. The van der Waals surface area contributed by atoms with Crippen LogP contribution < -0.4 is 15.4 Å². The minimum atomic E-state index is -0.329. The van der Waals surface area contributed by atoms with E-state index in [9.17, 15) is 4.79 Å². The fourth-order valence-corrected chi connectivity index (χ4v) is 1.92. The Morgan fingerprint density at radius 2 is 2.14 bits per heavy atom. The number of nitrogens with one attached hydrogen (secondary N) is 2. The topological polar surface area (TPSA) is 63.2 Å². The van der Waals surface area contributed by atoms with Crippen molar-refractivity contribution >= 4 is 29.0 Å². The van der Waals surface area contributed by atoms with Crippen molar-refractivity contribution in [2.75, 3.05) is 24.3 Å². The molecule has 0 bridgehead atoms. The molecule has 1 aromatic carbocycles. The number of carbonyl (C=O) groups excluding carboxylic acids is 1. The largest absolute Gasteiger partial charge is 0.497 e. The van der Waals surface area contributed by atoms with Gasteiger partial charge in [-0.3, -0.25) is 4.79 Å². The van der Waals surface area contributed by atoms with Crippen LogP contribution in [0.4, 0.5) is 11.5 Å². The molecule has 0 aliphatic rings. The van der Waals surface area contributed by atoms with Gasteiger partial charge in [0.2, 0.25) is 0 Å². The minimum Gasteiger partial charge on any atom is -0.497 e. The standard InChI is InChI=1S/C15H16ClN3O2/c1-3-17-14-6-4-5-12(18-14)15(20)19-13-9-10(21-2)7-8-11(13)16/h4-9H,3H2,1-2H3,(H,17,18)(H,19,20). The predicted octanol–water partition coefficient (Wildman–Crippen LogP) is 3.43. The van der Waals surface area contributed by atoms with Gasteiger partial charge in [-0.15, -0.1) is 0 Å². The van der Waals surface area contributed by atoms with E-state index in [1.165, 1.54) is 0 Å². The monoisotopic (exact) mass is 305 g/mol. The summed E-state index contributed by atoms with van der Waals surface area (Å²) < 4.78 is 5.11. The zero-order valence-corrected chi connectivity index (χ0v) is 12.6. The van der Waals surface area contributed by atoms with Crippen LogP contribution in [0, 0.1) is 0 Å². The Kier molecular flexibility index (Phi) is 5.00. The highest BCUT2D eigenvalue weighted by molar-refractivity contribution is 6.34. The lowest BCUT2D eigenvalue weighted by Crippen LogP contribution is -2.15. The highest BCUT2D eigenvalue weighted by Gasteiger charge is 2.11. The van der Waals surface area contributed by atoms with Crippen molar-refractivity contribution in [1.29, 1.82) is 0 Å². The van der Waals surface area contributed by atoms with Crippen LogP contribution in [0.1, 0.15) is 17.4 Å². The fourth-order valence-electron chi connectivity index (χ4n) is 1.75. The van der Waals surface area contributed by atoms with Crippen LogP contribution in [0.5, 0.6) is 5.75 Å². The first-order valence-corrected chi connectivity index (χ1v) is 6.87. The van der Waals surface area contributed by atoms with Gasteiger partial charge in [0.25, 0.3) is 5.91 Å². The van der Waals surface area contributed by atoms with Gasteiger partial charge < -0.3 is 15.4 Å². The molecule has 0 atom stereocenters. The van der Waals surface area contributed by atoms with Crippen molar-refractivity contribution < 1.29 is 9.53 Å². The van der Waals surface area contributed by atoms with Crippen molar-refractivity contribution in [3.63, 3.8) is 0 Å². The van der Waals surface area contributed by atoms with Gasteiger partial charge in [-0.1, -0.05) is 17.7 Å². The first-order chi connectivity index (χ1) is 10.1. The predicted molar refractivity (Wildman–Crippen MR) is 84.4 cm³/mol. The number of hydrogen-bond donors (Lipinski definition) is 2.